The molecule has 0 spiro atoms. The molecular weight excluding hydrogens is 398 g/mol. The Morgan fingerprint density at radius 3 is 1.42 bits per heavy atom. The average Bonchev–Trinajstić information content (AvgIpc) is 3.20. The number of nitrogens with one attached hydrogen (secondary N) is 1. The van der Waals surface area contributed by atoms with E-state index in [9.17, 15) is 0 Å². The van der Waals surface area contributed by atoms with Crippen LogP contribution in [-0.2, 0) is 0 Å². The van der Waals surface area contributed by atoms with Crippen molar-refractivity contribution in [2.45, 2.75) is 25.8 Å². The quantitative estimate of drug-likeness (QED) is 0.331. The summed E-state index contributed by atoms with van der Waals surface area (Å²) in [5.74, 6) is 0.126. The van der Waals surface area contributed by atoms with E-state index in [0.717, 1.165) is 0 Å². The van der Waals surface area contributed by atoms with Gasteiger partial charge in [0.2, 0.25) is 0 Å². The third-order valence-electron chi connectivity index (χ3n) is 6.15. The lowest BCUT2D eigenvalue weighted by molar-refractivity contribution is 0.648. The Hall–Kier alpha value is -3.84. The summed E-state index contributed by atoms with van der Waals surface area (Å²) >= 11 is 0. The molecule has 1 heteroatoms. The van der Waals surface area contributed by atoms with Crippen molar-refractivity contribution in [3.05, 3.63) is 149 Å². The Morgan fingerprint density at radius 2 is 0.939 bits per heavy atom. The highest BCUT2D eigenvalue weighted by atomic mass is 14.9. The Balaban J connectivity index is 1.89. The zero-order valence-electron chi connectivity index (χ0n) is 19.2. The molecule has 0 amide bonds. The predicted octanol–water partition coefficient (Wildman–Crippen LogP) is 7.80. The SMILES string of the molecule is CC(C)NC1=C(c2ccccc2)C(c2ccccc2)=C(c2ccccc2)C1c1ccccc1. The van der Waals surface area contributed by atoms with Gasteiger partial charge in [-0.25, -0.2) is 0 Å². The Morgan fingerprint density at radius 1 is 0.515 bits per heavy atom. The second-order valence-electron chi connectivity index (χ2n) is 8.82. The molecule has 1 unspecified atom stereocenters. The number of hydrogen-bond acceptors (Lipinski definition) is 1. The summed E-state index contributed by atoms with van der Waals surface area (Å²) in [6.45, 7) is 4.45. The lowest BCUT2D eigenvalue weighted by Crippen LogP contribution is -2.26. The van der Waals surface area contributed by atoms with Gasteiger partial charge in [-0.15, -0.1) is 0 Å². The molecular formula is C32H29N. The zero-order valence-corrected chi connectivity index (χ0v) is 19.2. The van der Waals surface area contributed by atoms with Crippen LogP contribution in [0.4, 0.5) is 0 Å². The van der Waals surface area contributed by atoms with Crippen molar-refractivity contribution in [3.8, 4) is 0 Å². The van der Waals surface area contributed by atoms with Gasteiger partial charge in [0.1, 0.15) is 0 Å². The van der Waals surface area contributed by atoms with E-state index in [1.807, 2.05) is 0 Å². The van der Waals surface area contributed by atoms with Crippen LogP contribution >= 0.6 is 0 Å². The highest BCUT2D eigenvalue weighted by molar-refractivity contribution is 6.21. The monoisotopic (exact) mass is 427 g/mol. The smallest absolute Gasteiger partial charge is 0.0506 e. The number of allylic oxidation sites excluding steroid dienone is 3. The van der Waals surface area contributed by atoms with Gasteiger partial charge in [-0.1, -0.05) is 121 Å². The van der Waals surface area contributed by atoms with Crippen LogP contribution < -0.4 is 5.32 Å². The van der Waals surface area contributed by atoms with Gasteiger partial charge in [0.15, 0.2) is 0 Å². The molecule has 1 N–H and O–H groups in total. The van der Waals surface area contributed by atoms with Crippen molar-refractivity contribution in [1.29, 1.82) is 0 Å². The van der Waals surface area contributed by atoms with E-state index in [1.165, 1.54) is 44.7 Å². The molecule has 1 nitrogen and oxygen atoms in total. The molecule has 0 radical (unpaired) electrons. The highest BCUT2D eigenvalue weighted by Gasteiger charge is 2.37. The van der Waals surface area contributed by atoms with Crippen LogP contribution in [0.15, 0.2) is 127 Å². The maximum Gasteiger partial charge on any atom is 0.0506 e. The molecule has 0 fully saturated rings. The summed E-state index contributed by atoms with van der Waals surface area (Å²) in [6, 6.07) is 43.8. The molecule has 1 aliphatic rings. The van der Waals surface area contributed by atoms with Gasteiger partial charge in [0, 0.05) is 17.3 Å². The Bertz CT molecular complexity index is 1270. The fourth-order valence-electron chi connectivity index (χ4n) is 4.89. The highest BCUT2D eigenvalue weighted by Crippen LogP contribution is 2.54. The number of benzene rings is 4. The van der Waals surface area contributed by atoms with E-state index in [1.54, 1.807) is 0 Å². The van der Waals surface area contributed by atoms with Crippen molar-refractivity contribution < 1.29 is 0 Å². The van der Waals surface area contributed by atoms with Crippen molar-refractivity contribution >= 4 is 16.7 Å². The summed E-state index contributed by atoms with van der Waals surface area (Å²) < 4.78 is 0. The van der Waals surface area contributed by atoms with Gasteiger partial charge >= 0.3 is 0 Å². The van der Waals surface area contributed by atoms with Crippen molar-refractivity contribution in [2.75, 3.05) is 0 Å². The first-order valence-corrected chi connectivity index (χ1v) is 11.7. The fraction of sp³-hybridized carbons (Fsp3) is 0.125. The fourth-order valence-corrected chi connectivity index (χ4v) is 4.89. The minimum atomic E-state index is 0.126. The van der Waals surface area contributed by atoms with E-state index in [0.29, 0.717) is 6.04 Å². The largest absolute Gasteiger partial charge is 0.385 e. The van der Waals surface area contributed by atoms with E-state index < -0.39 is 0 Å². The Kier molecular flexibility index (Phi) is 5.95. The maximum absolute atomic E-state index is 3.88. The summed E-state index contributed by atoms with van der Waals surface area (Å²) in [6.07, 6.45) is 0. The van der Waals surface area contributed by atoms with Gasteiger partial charge in [-0.05, 0) is 47.2 Å². The van der Waals surface area contributed by atoms with Gasteiger partial charge in [0.05, 0.1) is 5.92 Å². The lowest BCUT2D eigenvalue weighted by Gasteiger charge is -2.24. The van der Waals surface area contributed by atoms with E-state index in [2.05, 4.69) is 140 Å². The van der Waals surface area contributed by atoms with Crippen LogP contribution in [0.2, 0.25) is 0 Å². The predicted molar refractivity (Wildman–Crippen MR) is 141 cm³/mol. The van der Waals surface area contributed by atoms with Gasteiger partial charge < -0.3 is 5.32 Å². The molecule has 4 aromatic carbocycles. The molecule has 0 heterocycles. The first-order chi connectivity index (χ1) is 16.2. The lowest BCUT2D eigenvalue weighted by atomic mass is 9.85. The number of hydrogen-bond donors (Lipinski definition) is 1. The van der Waals surface area contributed by atoms with Crippen molar-refractivity contribution in [2.24, 2.45) is 0 Å². The minimum Gasteiger partial charge on any atom is -0.385 e. The van der Waals surface area contributed by atoms with Crippen LogP contribution in [0, 0.1) is 0 Å². The molecule has 33 heavy (non-hydrogen) atoms. The topological polar surface area (TPSA) is 12.0 Å². The van der Waals surface area contributed by atoms with Gasteiger partial charge in [-0.3, -0.25) is 0 Å². The first-order valence-electron chi connectivity index (χ1n) is 11.7. The number of rotatable bonds is 6. The molecule has 0 aromatic heterocycles. The normalized spacial score (nSPS) is 15.9. The first kappa shape index (κ1) is 21.0. The molecule has 0 saturated carbocycles. The summed E-state index contributed by atoms with van der Waals surface area (Å²) in [4.78, 5) is 0. The Labute approximate surface area is 197 Å². The van der Waals surface area contributed by atoms with Crippen LogP contribution in [0.25, 0.3) is 16.7 Å². The molecule has 1 aliphatic carbocycles. The summed E-state index contributed by atoms with van der Waals surface area (Å²) in [5, 5.41) is 3.88. The molecule has 1 atom stereocenters. The van der Waals surface area contributed by atoms with Crippen LogP contribution in [0.1, 0.15) is 42.0 Å². The minimum absolute atomic E-state index is 0.126. The zero-order chi connectivity index (χ0) is 22.6. The molecule has 0 bridgehead atoms. The van der Waals surface area contributed by atoms with Crippen molar-refractivity contribution in [1.82, 2.24) is 5.32 Å². The molecule has 5 rings (SSSR count). The second kappa shape index (κ2) is 9.34. The van der Waals surface area contributed by atoms with Gasteiger partial charge in [-0.2, -0.15) is 0 Å². The summed E-state index contributed by atoms with van der Waals surface area (Å²) in [5.41, 5.74) is 10.3. The van der Waals surface area contributed by atoms with Crippen LogP contribution in [0.3, 0.4) is 0 Å². The maximum atomic E-state index is 3.88. The molecule has 4 aromatic rings. The third-order valence-corrected chi connectivity index (χ3v) is 6.15. The second-order valence-corrected chi connectivity index (χ2v) is 8.82. The van der Waals surface area contributed by atoms with Gasteiger partial charge in [0.25, 0.3) is 0 Å². The average molecular weight is 428 g/mol. The van der Waals surface area contributed by atoms with Crippen molar-refractivity contribution in [3.63, 3.8) is 0 Å². The standard InChI is InChI=1S/C32H29N/c1-23(2)33-32-30(26-19-11-5-12-20-26)28(24-15-7-3-8-16-24)29(25-17-9-4-10-18-25)31(32)27-21-13-6-14-22-27/h3-23,30,33H,1-2H3. The van der Waals surface area contributed by atoms with Crippen LogP contribution in [0.5, 0.6) is 0 Å². The van der Waals surface area contributed by atoms with E-state index in [4.69, 9.17) is 0 Å². The van der Waals surface area contributed by atoms with E-state index in [-0.39, 0.29) is 5.92 Å². The third kappa shape index (κ3) is 4.15. The molecule has 0 aliphatic heterocycles. The molecule has 0 saturated heterocycles. The van der Waals surface area contributed by atoms with E-state index >= 15 is 0 Å². The molecule has 162 valence electrons. The summed E-state index contributed by atoms with van der Waals surface area (Å²) in [7, 11) is 0. The van der Waals surface area contributed by atoms with Crippen LogP contribution in [-0.4, -0.2) is 6.04 Å².